The minimum Gasteiger partial charge on any atom is -0.478 e. The molecule has 0 saturated heterocycles. The van der Waals surface area contributed by atoms with Crippen molar-refractivity contribution in [2.45, 2.75) is 4.90 Å². The Morgan fingerprint density at radius 3 is 2.22 bits per heavy atom. The van der Waals surface area contributed by atoms with E-state index in [-0.39, 0.29) is 15.5 Å². The lowest BCUT2D eigenvalue weighted by Crippen LogP contribution is -2.23. The summed E-state index contributed by atoms with van der Waals surface area (Å²) in [6, 6.07) is 8.63. The van der Waals surface area contributed by atoms with Crippen LogP contribution in [0.1, 0.15) is 10.4 Å². The third-order valence-electron chi connectivity index (χ3n) is 3.22. The Hall–Kier alpha value is -1.60. The minimum atomic E-state index is -3.84. The van der Waals surface area contributed by atoms with Crippen LogP contribution in [0.15, 0.2) is 41.3 Å². The maximum Gasteiger partial charge on any atom is 0.335 e. The van der Waals surface area contributed by atoms with Gasteiger partial charge in [-0.25, -0.2) is 17.5 Å². The summed E-state index contributed by atoms with van der Waals surface area (Å²) in [5.41, 5.74) is 0.758. The van der Waals surface area contributed by atoms with Crippen molar-refractivity contribution >= 4 is 39.2 Å². The van der Waals surface area contributed by atoms with Gasteiger partial charge in [-0.1, -0.05) is 35.3 Å². The number of hydrogen-bond donors (Lipinski definition) is 1. The fraction of sp³-hybridized carbons (Fsp3) is 0.133. The third kappa shape index (κ3) is 3.50. The topological polar surface area (TPSA) is 74.7 Å². The monoisotopic (exact) mass is 373 g/mol. The van der Waals surface area contributed by atoms with Gasteiger partial charge in [-0.2, -0.15) is 0 Å². The van der Waals surface area contributed by atoms with E-state index in [1.165, 1.54) is 32.3 Å². The number of nitrogens with zero attached hydrogens (tertiary/aromatic N) is 1. The molecule has 0 heterocycles. The van der Waals surface area contributed by atoms with Crippen molar-refractivity contribution in [2.75, 3.05) is 14.1 Å². The molecule has 0 amide bonds. The smallest absolute Gasteiger partial charge is 0.335 e. The molecular formula is C15H13Cl2NO4S. The van der Waals surface area contributed by atoms with Gasteiger partial charge in [0.1, 0.15) is 0 Å². The minimum absolute atomic E-state index is 0.110. The molecule has 0 aromatic heterocycles. The number of aromatic carboxylic acids is 1. The summed E-state index contributed by atoms with van der Waals surface area (Å²) in [6.07, 6.45) is 0. The fourth-order valence-electron chi connectivity index (χ4n) is 1.97. The molecule has 8 heteroatoms. The first-order valence-corrected chi connectivity index (χ1v) is 8.59. The summed E-state index contributed by atoms with van der Waals surface area (Å²) in [5.74, 6) is -1.21. The van der Waals surface area contributed by atoms with Gasteiger partial charge in [-0.05, 0) is 29.8 Å². The summed E-state index contributed by atoms with van der Waals surface area (Å²) in [6.45, 7) is 0. The van der Waals surface area contributed by atoms with Gasteiger partial charge in [0, 0.05) is 19.7 Å². The molecule has 0 atom stereocenters. The maximum atomic E-state index is 12.5. The van der Waals surface area contributed by atoms with Crippen molar-refractivity contribution in [3.05, 3.63) is 52.0 Å². The predicted molar refractivity (Wildman–Crippen MR) is 89.7 cm³/mol. The average molecular weight is 374 g/mol. The van der Waals surface area contributed by atoms with Crippen LogP contribution in [0.25, 0.3) is 11.1 Å². The quantitative estimate of drug-likeness (QED) is 0.887. The molecule has 0 radical (unpaired) electrons. The highest BCUT2D eigenvalue weighted by molar-refractivity contribution is 7.89. The lowest BCUT2D eigenvalue weighted by Gasteiger charge is -2.16. The zero-order valence-corrected chi connectivity index (χ0v) is 14.6. The van der Waals surface area contributed by atoms with E-state index >= 15 is 0 Å². The van der Waals surface area contributed by atoms with Crippen molar-refractivity contribution in [3.63, 3.8) is 0 Å². The Kier molecular flexibility index (Phi) is 5.01. The molecule has 23 heavy (non-hydrogen) atoms. The van der Waals surface area contributed by atoms with Crippen molar-refractivity contribution in [1.29, 1.82) is 0 Å². The fourth-order valence-corrected chi connectivity index (χ4v) is 3.40. The molecule has 0 aliphatic carbocycles. The highest BCUT2D eigenvalue weighted by Gasteiger charge is 2.24. The van der Waals surface area contributed by atoms with Gasteiger partial charge in [0.05, 0.1) is 20.5 Å². The number of sulfonamides is 1. The van der Waals surface area contributed by atoms with Gasteiger partial charge in [-0.15, -0.1) is 0 Å². The largest absolute Gasteiger partial charge is 0.478 e. The standard InChI is InChI=1S/C15H13Cl2NO4S/c1-18(2)23(21,22)14-8-10(15(19)20)3-5-11(14)9-4-6-12(16)13(17)7-9/h3-8H,1-2H3,(H,19,20). The molecule has 0 aliphatic rings. The highest BCUT2D eigenvalue weighted by Crippen LogP contribution is 2.33. The Morgan fingerprint density at radius 1 is 1.04 bits per heavy atom. The predicted octanol–water partition coefficient (Wildman–Crippen LogP) is 3.61. The average Bonchev–Trinajstić information content (AvgIpc) is 2.49. The van der Waals surface area contributed by atoms with E-state index in [1.54, 1.807) is 12.1 Å². The van der Waals surface area contributed by atoms with Crippen LogP contribution in [0.4, 0.5) is 0 Å². The third-order valence-corrected chi connectivity index (χ3v) is 5.81. The Bertz CT molecular complexity index is 879. The van der Waals surface area contributed by atoms with E-state index in [0.29, 0.717) is 16.1 Å². The van der Waals surface area contributed by atoms with Crippen molar-refractivity contribution in [3.8, 4) is 11.1 Å². The number of carboxylic acids is 1. The maximum absolute atomic E-state index is 12.5. The molecule has 2 rings (SSSR count). The van der Waals surface area contributed by atoms with E-state index in [2.05, 4.69) is 0 Å². The Labute approximate surface area is 144 Å². The number of benzene rings is 2. The molecule has 0 fully saturated rings. The van der Waals surface area contributed by atoms with Gasteiger partial charge in [-0.3, -0.25) is 0 Å². The van der Waals surface area contributed by atoms with E-state index in [0.717, 1.165) is 10.4 Å². The van der Waals surface area contributed by atoms with E-state index in [1.807, 2.05) is 0 Å². The lowest BCUT2D eigenvalue weighted by atomic mass is 10.0. The van der Waals surface area contributed by atoms with Crippen molar-refractivity contribution in [2.24, 2.45) is 0 Å². The van der Waals surface area contributed by atoms with Crippen LogP contribution >= 0.6 is 23.2 Å². The van der Waals surface area contributed by atoms with Crippen molar-refractivity contribution in [1.82, 2.24) is 4.31 Å². The first-order chi connectivity index (χ1) is 10.6. The van der Waals surface area contributed by atoms with Gasteiger partial charge < -0.3 is 5.11 Å². The number of hydrogen-bond acceptors (Lipinski definition) is 3. The van der Waals surface area contributed by atoms with Crippen LogP contribution in [0.3, 0.4) is 0 Å². The van der Waals surface area contributed by atoms with Crippen LogP contribution in [0, 0.1) is 0 Å². The summed E-state index contributed by atoms with van der Waals surface area (Å²) in [4.78, 5) is 11.0. The summed E-state index contributed by atoms with van der Waals surface area (Å²) in [7, 11) is -1.09. The normalized spacial score (nSPS) is 11.7. The summed E-state index contributed by atoms with van der Waals surface area (Å²) < 4.78 is 26.1. The first-order valence-electron chi connectivity index (χ1n) is 6.40. The zero-order chi connectivity index (χ0) is 17.4. The van der Waals surface area contributed by atoms with Crippen LogP contribution in [-0.4, -0.2) is 37.9 Å². The van der Waals surface area contributed by atoms with E-state index in [9.17, 15) is 13.2 Å². The molecule has 2 aromatic carbocycles. The van der Waals surface area contributed by atoms with Crippen molar-refractivity contribution < 1.29 is 18.3 Å². The SMILES string of the molecule is CN(C)S(=O)(=O)c1cc(C(=O)O)ccc1-c1ccc(Cl)c(Cl)c1. The number of rotatable bonds is 4. The van der Waals surface area contributed by atoms with E-state index in [4.69, 9.17) is 28.3 Å². The molecular weight excluding hydrogens is 361 g/mol. The molecule has 2 aromatic rings. The first kappa shape index (κ1) is 17.7. The molecule has 0 unspecified atom stereocenters. The lowest BCUT2D eigenvalue weighted by molar-refractivity contribution is 0.0696. The second-order valence-electron chi connectivity index (χ2n) is 4.93. The molecule has 0 saturated carbocycles. The number of carboxylic acid groups (broad SMARTS) is 1. The second-order valence-corrected chi connectivity index (χ2v) is 7.87. The molecule has 122 valence electrons. The molecule has 0 bridgehead atoms. The Balaban J connectivity index is 2.77. The van der Waals surface area contributed by atoms with Crippen LogP contribution < -0.4 is 0 Å². The second kappa shape index (κ2) is 6.49. The highest BCUT2D eigenvalue weighted by atomic mass is 35.5. The van der Waals surface area contributed by atoms with Crippen LogP contribution in [-0.2, 0) is 10.0 Å². The summed E-state index contributed by atoms with van der Waals surface area (Å²) in [5, 5.41) is 9.73. The zero-order valence-electron chi connectivity index (χ0n) is 12.2. The van der Waals surface area contributed by atoms with Crippen LogP contribution in [0.5, 0.6) is 0 Å². The van der Waals surface area contributed by atoms with Gasteiger partial charge in [0.25, 0.3) is 0 Å². The van der Waals surface area contributed by atoms with Crippen LogP contribution in [0.2, 0.25) is 10.0 Å². The Morgan fingerprint density at radius 2 is 1.70 bits per heavy atom. The van der Waals surface area contributed by atoms with E-state index < -0.39 is 16.0 Å². The van der Waals surface area contributed by atoms with Gasteiger partial charge in [0.15, 0.2) is 0 Å². The summed E-state index contributed by atoms with van der Waals surface area (Å²) >= 11 is 11.9. The number of halogens is 2. The van der Waals surface area contributed by atoms with Gasteiger partial charge >= 0.3 is 5.97 Å². The molecule has 1 N–H and O–H groups in total. The molecule has 0 spiro atoms. The number of carbonyl (C=O) groups is 1. The molecule has 0 aliphatic heterocycles. The van der Waals surface area contributed by atoms with Gasteiger partial charge in [0.2, 0.25) is 10.0 Å². The molecule has 5 nitrogen and oxygen atoms in total.